The monoisotopic (exact) mass is 1160 g/mol. The van der Waals surface area contributed by atoms with Crippen molar-refractivity contribution >= 4 is 53.2 Å². The Bertz CT molecular complexity index is 2010. The first-order valence-electron chi connectivity index (χ1n) is 28.9. The Labute approximate surface area is 482 Å². The largest absolute Gasteiger partial charge is 0.377 e. The Balaban J connectivity index is 1.03. The third-order valence-electron chi connectivity index (χ3n) is 13.5. The van der Waals surface area contributed by atoms with Crippen LogP contribution < -0.4 is 37.6 Å². The molecule has 2 fully saturated rings. The lowest BCUT2D eigenvalue weighted by molar-refractivity contribution is -0.140. The van der Waals surface area contributed by atoms with Crippen molar-refractivity contribution in [2.24, 2.45) is 23.5 Å². The second-order valence-corrected chi connectivity index (χ2v) is 19.6. The number of nitrogens with zero attached hydrogens (tertiary/aromatic N) is 1. The van der Waals surface area contributed by atoms with E-state index in [1.54, 1.807) is 30.3 Å². The number of imide groups is 1. The number of ether oxygens (including phenoxy) is 9. The molecule has 464 valence electrons. The Morgan fingerprint density at radius 2 is 1.09 bits per heavy atom. The summed E-state index contributed by atoms with van der Waals surface area (Å²) in [5.74, 6) is -3.55. The molecule has 9 amide bonds. The van der Waals surface area contributed by atoms with Crippen molar-refractivity contribution in [3.8, 4) is 0 Å². The summed E-state index contributed by atoms with van der Waals surface area (Å²) in [7, 11) is 0. The smallest absolute Gasteiger partial charge is 0.246 e. The number of rotatable bonds is 49. The number of primary amides is 1. The zero-order valence-corrected chi connectivity index (χ0v) is 48.2. The van der Waals surface area contributed by atoms with Gasteiger partial charge in [-0.15, -0.1) is 0 Å². The first kappa shape index (κ1) is 70.6. The Kier molecular flexibility index (Phi) is 38.6. The van der Waals surface area contributed by atoms with Crippen molar-refractivity contribution < 1.29 is 85.8 Å². The fourth-order valence-electron chi connectivity index (χ4n) is 8.84. The van der Waals surface area contributed by atoms with Crippen LogP contribution in [0.25, 0.3) is 0 Å². The highest BCUT2D eigenvalue weighted by molar-refractivity contribution is 6.03. The minimum absolute atomic E-state index is 0.0347. The molecule has 2 aliphatic rings. The van der Waals surface area contributed by atoms with Crippen LogP contribution in [0.15, 0.2) is 30.3 Å². The van der Waals surface area contributed by atoms with Gasteiger partial charge in [-0.25, -0.2) is 0 Å². The van der Waals surface area contributed by atoms with Crippen LogP contribution in [0.4, 0.5) is 0 Å². The van der Waals surface area contributed by atoms with Crippen molar-refractivity contribution in [3.05, 3.63) is 35.9 Å². The van der Waals surface area contributed by atoms with E-state index >= 15 is 0 Å². The molecule has 1 aromatic carbocycles. The van der Waals surface area contributed by atoms with E-state index in [1.165, 1.54) is 4.90 Å². The van der Waals surface area contributed by atoms with Gasteiger partial charge in [-0.05, 0) is 50.0 Å². The van der Waals surface area contributed by atoms with Gasteiger partial charge in [-0.1, -0.05) is 63.4 Å². The molecular weight excluding hydrogens is 1070 g/mol. The summed E-state index contributed by atoms with van der Waals surface area (Å²) in [5.41, 5.74) is 6.12. The lowest BCUT2D eigenvalue weighted by Gasteiger charge is -2.26. The van der Waals surface area contributed by atoms with E-state index in [9.17, 15) is 43.2 Å². The maximum atomic E-state index is 13.1. The first-order valence-corrected chi connectivity index (χ1v) is 28.9. The molecule has 2 atom stereocenters. The fourth-order valence-corrected chi connectivity index (χ4v) is 8.84. The molecule has 1 aliphatic heterocycles. The SMILES string of the molecule is CCC(CC)C1CC(=O)N(CCCCCC(=O)NCCOCCOCCOCCOCCOCCOCCOCCOCC(=O)NCC(=O)NCC(=O)N[C@@H](Cc2ccccc2)C(=O)NCC(=O)NCOC2CCC(C(N)=O)CC2)C1=O. The van der Waals surface area contributed by atoms with E-state index in [4.69, 9.17) is 48.4 Å². The number of nitrogens with two attached hydrogens (primary N) is 1. The Hall–Kier alpha value is -5.71. The molecule has 3 rings (SSSR count). The average molecular weight is 1170 g/mol. The summed E-state index contributed by atoms with van der Waals surface area (Å²) in [6, 6.07) is 7.86. The van der Waals surface area contributed by atoms with Crippen molar-refractivity contribution in [1.82, 2.24) is 36.8 Å². The van der Waals surface area contributed by atoms with Gasteiger partial charge in [0.2, 0.25) is 53.2 Å². The molecule has 1 unspecified atom stereocenters. The first-order chi connectivity index (χ1) is 39.8. The van der Waals surface area contributed by atoms with Gasteiger partial charge < -0.3 is 80.3 Å². The van der Waals surface area contributed by atoms with Gasteiger partial charge >= 0.3 is 0 Å². The molecule has 26 nitrogen and oxygen atoms in total. The van der Waals surface area contributed by atoms with Crippen LogP contribution >= 0.6 is 0 Å². The molecule has 1 aliphatic carbocycles. The number of hydrogen-bond acceptors (Lipinski definition) is 18. The molecule has 1 saturated heterocycles. The quantitative estimate of drug-likeness (QED) is 0.0253. The van der Waals surface area contributed by atoms with Crippen molar-refractivity contribution in [2.45, 2.75) is 103 Å². The van der Waals surface area contributed by atoms with E-state index in [1.807, 2.05) is 0 Å². The molecule has 82 heavy (non-hydrogen) atoms. The van der Waals surface area contributed by atoms with Crippen LogP contribution in [-0.4, -0.2) is 215 Å². The van der Waals surface area contributed by atoms with E-state index in [0.29, 0.717) is 150 Å². The summed E-state index contributed by atoms with van der Waals surface area (Å²) in [5, 5.41) is 15.3. The Morgan fingerprint density at radius 3 is 1.65 bits per heavy atom. The van der Waals surface area contributed by atoms with Crippen LogP contribution in [0.2, 0.25) is 0 Å². The molecule has 8 N–H and O–H groups in total. The minimum Gasteiger partial charge on any atom is -0.377 e. The van der Waals surface area contributed by atoms with Crippen LogP contribution in [0.1, 0.15) is 90.0 Å². The molecule has 0 aromatic heterocycles. The minimum atomic E-state index is -1.07. The van der Waals surface area contributed by atoms with Gasteiger partial charge in [0.1, 0.15) is 19.4 Å². The third kappa shape index (κ3) is 32.8. The van der Waals surface area contributed by atoms with E-state index in [2.05, 4.69) is 45.7 Å². The predicted octanol–water partition coefficient (Wildman–Crippen LogP) is -0.182. The van der Waals surface area contributed by atoms with E-state index in [0.717, 1.165) is 24.8 Å². The van der Waals surface area contributed by atoms with Crippen molar-refractivity contribution in [2.75, 3.05) is 145 Å². The lowest BCUT2D eigenvalue weighted by atomic mass is 9.87. The van der Waals surface area contributed by atoms with Gasteiger partial charge in [-0.3, -0.25) is 48.1 Å². The second-order valence-electron chi connectivity index (χ2n) is 19.6. The van der Waals surface area contributed by atoms with Gasteiger partial charge in [0, 0.05) is 38.3 Å². The van der Waals surface area contributed by atoms with Crippen molar-refractivity contribution in [1.29, 1.82) is 0 Å². The van der Waals surface area contributed by atoms with E-state index in [-0.39, 0.29) is 87.0 Å². The van der Waals surface area contributed by atoms with Crippen LogP contribution in [0.5, 0.6) is 0 Å². The highest BCUT2D eigenvalue weighted by Crippen LogP contribution is 2.31. The number of likely N-dealkylation sites (tertiary alicyclic amines) is 1. The van der Waals surface area contributed by atoms with Crippen molar-refractivity contribution in [3.63, 3.8) is 0 Å². The third-order valence-corrected chi connectivity index (χ3v) is 13.5. The average Bonchev–Trinajstić information content (AvgIpc) is 3.97. The number of nitrogens with one attached hydrogen (secondary N) is 6. The predicted molar refractivity (Wildman–Crippen MR) is 297 cm³/mol. The molecular formula is C56H92N8O18. The molecule has 0 spiro atoms. The zero-order valence-electron chi connectivity index (χ0n) is 48.2. The Morgan fingerprint density at radius 1 is 0.573 bits per heavy atom. The summed E-state index contributed by atoms with van der Waals surface area (Å²) in [6.07, 6.45) is 7.20. The molecule has 1 heterocycles. The molecule has 0 bridgehead atoms. The van der Waals surface area contributed by atoms with Gasteiger partial charge in [0.25, 0.3) is 0 Å². The van der Waals surface area contributed by atoms with Gasteiger partial charge in [0.05, 0.1) is 131 Å². The number of carbonyl (C=O) groups is 9. The number of amides is 9. The summed E-state index contributed by atoms with van der Waals surface area (Å²) >= 11 is 0. The van der Waals surface area contributed by atoms with Gasteiger partial charge in [0.15, 0.2) is 0 Å². The molecule has 0 radical (unpaired) electrons. The number of benzene rings is 1. The second kappa shape index (κ2) is 44.8. The lowest BCUT2D eigenvalue weighted by Crippen LogP contribution is -2.52. The number of hydrogen-bond donors (Lipinski definition) is 7. The number of unbranched alkanes of at least 4 members (excludes halogenated alkanes) is 2. The van der Waals surface area contributed by atoms with E-state index < -0.39 is 48.7 Å². The van der Waals surface area contributed by atoms with Crippen LogP contribution in [0.3, 0.4) is 0 Å². The summed E-state index contributed by atoms with van der Waals surface area (Å²) in [6.45, 7) is 8.69. The maximum absolute atomic E-state index is 13.1. The number of carbonyl (C=O) groups excluding carboxylic acids is 9. The highest BCUT2D eigenvalue weighted by atomic mass is 16.6. The maximum Gasteiger partial charge on any atom is 0.246 e. The zero-order chi connectivity index (χ0) is 59.4. The molecule has 26 heteroatoms. The van der Waals surface area contributed by atoms with Crippen LogP contribution in [0, 0.1) is 17.8 Å². The standard InChI is InChI=1S/C56H92N8O18/c1-3-43(4-2)46-36-53(70)64(56(46)73)19-10-6-9-13-48(65)58-18-20-74-21-22-75-23-24-76-25-26-77-27-28-78-29-30-79-31-32-80-33-34-81-40-52(69)60-37-49(66)59-39-51(68)63-47(35-42-11-7-5-8-12-42)55(72)61-38-50(67)62-41-82-45-16-14-44(15-17-45)54(57)71/h5,7-8,11-12,43-47H,3-4,6,9-10,13-41H2,1-2H3,(H2,57,71)(H,58,65)(H,59,66)(H,60,69)(H,61,72)(H,62,67)(H,63,68)/t44?,45?,46?,47-/m0/s1. The summed E-state index contributed by atoms with van der Waals surface area (Å²) < 4.78 is 49.4. The van der Waals surface area contributed by atoms with Crippen LogP contribution in [-0.2, 0) is 92.2 Å². The molecule has 1 aromatic rings. The highest BCUT2D eigenvalue weighted by Gasteiger charge is 2.41. The fraction of sp³-hybridized carbons (Fsp3) is 0.732. The molecule has 1 saturated carbocycles. The van der Waals surface area contributed by atoms with Gasteiger partial charge in [-0.2, -0.15) is 0 Å². The summed E-state index contributed by atoms with van der Waals surface area (Å²) in [4.78, 5) is 113. The normalized spacial score (nSPS) is 16.4. The topological polar surface area (TPSA) is 338 Å².